The van der Waals surface area contributed by atoms with Gasteiger partial charge >= 0.3 is 0 Å². The SMILES string of the molecule is CCCCN(Cn1nc(N2CCCCC2)n(-c2ccccc2)c1=S)C1CCS(=O)(=O)C1. The number of benzene rings is 1. The molecule has 0 radical (unpaired) electrons. The molecule has 9 heteroatoms. The van der Waals surface area contributed by atoms with E-state index in [0.29, 0.717) is 17.9 Å². The summed E-state index contributed by atoms with van der Waals surface area (Å²) >= 11 is 5.91. The first-order chi connectivity index (χ1) is 15.0. The molecule has 0 aliphatic carbocycles. The lowest BCUT2D eigenvalue weighted by atomic mass is 10.1. The molecule has 0 N–H and O–H groups in total. The molecule has 2 aromatic rings. The van der Waals surface area contributed by atoms with Crippen LogP contribution in [-0.2, 0) is 16.5 Å². The number of hydrogen-bond donors (Lipinski definition) is 0. The highest BCUT2D eigenvalue weighted by Gasteiger charge is 2.32. The van der Waals surface area contributed by atoms with Crippen LogP contribution < -0.4 is 4.90 Å². The quantitative estimate of drug-likeness (QED) is 0.557. The summed E-state index contributed by atoms with van der Waals surface area (Å²) in [5.74, 6) is 1.41. The molecule has 2 aliphatic heterocycles. The van der Waals surface area contributed by atoms with E-state index in [0.717, 1.165) is 57.0 Å². The summed E-state index contributed by atoms with van der Waals surface area (Å²) in [5, 5.41) is 4.98. The second-order valence-electron chi connectivity index (χ2n) is 8.66. The van der Waals surface area contributed by atoms with E-state index in [9.17, 15) is 8.42 Å². The number of piperidine rings is 1. The minimum Gasteiger partial charge on any atom is -0.341 e. The molecule has 1 unspecified atom stereocenters. The van der Waals surface area contributed by atoms with Gasteiger partial charge in [-0.1, -0.05) is 31.5 Å². The van der Waals surface area contributed by atoms with Gasteiger partial charge in [-0.15, -0.1) is 5.10 Å². The standard InChI is InChI=1S/C22H33N5O2S2/c1-2-3-13-25(20-12-16-31(28,29)17-20)18-26-22(30)27(19-10-6-4-7-11-19)21(23-26)24-14-8-5-9-15-24/h4,6-7,10-11,20H,2-3,5,8-9,12-18H2,1H3. The second kappa shape index (κ2) is 9.83. The van der Waals surface area contributed by atoms with Crippen LogP contribution in [0.3, 0.4) is 0 Å². The van der Waals surface area contributed by atoms with Gasteiger partial charge in [0, 0.05) is 25.7 Å². The summed E-state index contributed by atoms with van der Waals surface area (Å²) in [6, 6.07) is 10.2. The topological polar surface area (TPSA) is 63.4 Å². The number of para-hydroxylation sites is 1. The van der Waals surface area contributed by atoms with Gasteiger partial charge in [0.15, 0.2) is 9.84 Å². The Morgan fingerprint density at radius 3 is 2.55 bits per heavy atom. The third-order valence-corrected chi connectivity index (χ3v) is 8.46. The molecule has 1 atom stereocenters. The molecule has 2 saturated heterocycles. The van der Waals surface area contributed by atoms with Crippen molar-refractivity contribution >= 4 is 28.0 Å². The van der Waals surface area contributed by atoms with Gasteiger partial charge in [-0.25, -0.2) is 13.1 Å². The Morgan fingerprint density at radius 2 is 1.90 bits per heavy atom. The highest BCUT2D eigenvalue weighted by atomic mass is 32.2. The Balaban J connectivity index is 1.68. The molecule has 0 saturated carbocycles. The Labute approximate surface area is 190 Å². The lowest BCUT2D eigenvalue weighted by molar-refractivity contribution is 0.152. The average Bonchev–Trinajstić information content (AvgIpc) is 3.31. The van der Waals surface area contributed by atoms with Gasteiger partial charge in [-0.05, 0) is 56.5 Å². The molecule has 7 nitrogen and oxygen atoms in total. The zero-order valence-electron chi connectivity index (χ0n) is 18.3. The fourth-order valence-electron chi connectivity index (χ4n) is 4.56. The number of unbranched alkanes of at least 4 members (excludes halogenated alkanes) is 1. The first kappa shape index (κ1) is 22.5. The summed E-state index contributed by atoms with van der Waals surface area (Å²) in [6.45, 7) is 5.52. The normalized spacial score (nSPS) is 21.1. The zero-order valence-corrected chi connectivity index (χ0v) is 20.0. The maximum Gasteiger partial charge on any atom is 0.230 e. The fraction of sp³-hybridized carbons (Fsp3) is 0.636. The molecule has 3 heterocycles. The van der Waals surface area contributed by atoms with Crippen molar-refractivity contribution in [2.45, 2.75) is 58.2 Å². The highest BCUT2D eigenvalue weighted by molar-refractivity contribution is 7.91. The molecule has 31 heavy (non-hydrogen) atoms. The largest absolute Gasteiger partial charge is 0.341 e. The maximum absolute atomic E-state index is 12.1. The Hall–Kier alpha value is -1.71. The molecule has 1 aromatic heterocycles. The second-order valence-corrected chi connectivity index (χ2v) is 11.3. The summed E-state index contributed by atoms with van der Waals surface area (Å²) in [6.07, 6.45) is 6.37. The zero-order chi connectivity index (χ0) is 21.8. The number of hydrogen-bond acceptors (Lipinski definition) is 6. The Bertz CT molecular complexity index is 1030. The van der Waals surface area contributed by atoms with Crippen LogP contribution in [0, 0.1) is 4.77 Å². The fourth-order valence-corrected chi connectivity index (χ4v) is 6.60. The van der Waals surface area contributed by atoms with E-state index in [1.807, 2.05) is 22.9 Å². The van der Waals surface area contributed by atoms with E-state index in [1.54, 1.807) is 0 Å². The smallest absolute Gasteiger partial charge is 0.230 e. The van der Waals surface area contributed by atoms with Crippen LogP contribution in [0.25, 0.3) is 5.69 Å². The third-order valence-electron chi connectivity index (χ3n) is 6.31. The number of sulfone groups is 1. The van der Waals surface area contributed by atoms with E-state index >= 15 is 0 Å². The van der Waals surface area contributed by atoms with Crippen LogP contribution in [0.2, 0.25) is 0 Å². The monoisotopic (exact) mass is 463 g/mol. The number of anilines is 1. The Morgan fingerprint density at radius 1 is 1.16 bits per heavy atom. The highest BCUT2D eigenvalue weighted by Crippen LogP contribution is 2.25. The van der Waals surface area contributed by atoms with E-state index in [-0.39, 0.29) is 17.5 Å². The first-order valence-corrected chi connectivity index (χ1v) is 13.7. The van der Waals surface area contributed by atoms with Crippen LogP contribution in [0.1, 0.15) is 45.4 Å². The van der Waals surface area contributed by atoms with Crippen LogP contribution in [0.5, 0.6) is 0 Å². The van der Waals surface area contributed by atoms with Crippen LogP contribution in [0.15, 0.2) is 30.3 Å². The minimum absolute atomic E-state index is 0.0405. The van der Waals surface area contributed by atoms with Gasteiger partial charge in [0.2, 0.25) is 10.7 Å². The van der Waals surface area contributed by atoms with Gasteiger partial charge in [-0.2, -0.15) is 0 Å². The van der Waals surface area contributed by atoms with Crippen molar-refractivity contribution in [1.29, 1.82) is 0 Å². The van der Waals surface area contributed by atoms with Crippen molar-refractivity contribution in [2.24, 2.45) is 0 Å². The lowest BCUT2D eigenvalue weighted by Crippen LogP contribution is -2.38. The van der Waals surface area contributed by atoms with E-state index in [2.05, 4.69) is 33.4 Å². The molecule has 0 amide bonds. The Kier molecular flexibility index (Phi) is 7.13. The number of rotatable bonds is 8. The summed E-state index contributed by atoms with van der Waals surface area (Å²) < 4.78 is 28.8. The molecule has 0 spiro atoms. The first-order valence-electron chi connectivity index (χ1n) is 11.4. The molecular formula is C22H33N5O2S2. The summed E-state index contributed by atoms with van der Waals surface area (Å²) in [5.41, 5.74) is 1.02. The molecule has 0 bridgehead atoms. The maximum atomic E-state index is 12.1. The van der Waals surface area contributed by atoms with Gasteiger partial charge in [0.25, 0.3) is 0 Å². The molecule has 4 rings (SSSR count). The van der Waals surface area contributed by atoms with E-state index in [1.165, 1.54) is 6.42 Å². The van der Waals surface area contributed by atoms with Crippen molar-refractivity contribution in [1.82, 2.24) is 19.2 Å². The predicted molar refractivity (Wildman–Crippen MR) is 127 cm³/mol. The van der Waals surface area contributed by atoms with Crippen molar-refractivity contribution in [3.63, 3.8) is 0 Å². The van der Waals surface area contributed by atoms with Crippen LogP contribution >= 0.6 is 12.2 Å². The predicted octanol–water partition coefficient (Wildman–Crippen LogP) is 3.64. The van der Waals surface area contributed by atoms with Gasteiger partial charge in [-0.3, -0.25) is 9.47 Å². The molecular weight excluding hydrogens is 430 g/mol. The molecule has 2 aliphatic rings. The lowest BCUT2D eigenvalue weighted by Gasteiger charge is -2.28. The van der Waals surface area contributed by atoms with E-state index in [4.69, 9.17) is 17.3 Å². The van der Waals surface area contributed by atoms with Gasteiger partial charge in [0.1, 0.15) is 0 Å². The minimum atomic E-state index is -2.94. The van der Waals surface area contributed by atoms with Crippen molar-refractivity contribution in [2.75, 3.05) is 36.0 Å². The summed E-state index contributed by atoms with van der Waals surface area (Å²) in [7, 11) is -2.94. The number of aromatic nitrogens is 3. The molecule has 2 fully saturated rings. The third kappa shape index (κ3) is 5.21. The van der Waals surface area contributed by atoms with Crippen molar-refractivity contribution < 1.29 is 8.42 Å². The van der Waals surface area contributed by atoms with Gasteiger partial charge < -0.3 is 4.90 Å². The van der Waals surface area contributed by atoms with E-state index < -0.39 is 9.84 Å². The van der Waals surface area contributed by atoms with Gasteiger partial charge in [0.05, 0.1) is 23.9 Å². The molecule has 1 aromatic carbocycles. The average molecular weight is 464 g/mol. The van der Waals surface area contributed by atoms with Crippen molar-refractivity contribution in [3.8, 4) is 5.69 Å². The summed E-state index contributed by atoms with van der Waals surface area (Å²) in [4.78, 5) is 4.60. The molecule has 170 valence electrons. The van der Waals surface area contributed by atoms with Crippen LogP contribution in [0.4, 0.5) is 5.95 Å². The van der Waals surface area contributed by atoms with Crippen molar-refractivity contribution in [3.05, 3.63) is 35.1 Å². The number of nitrogens with zero attached hydrogens (tertiary/aromatic N) is 5. The van der Waals surface area contributed by atoms with Crippen LogP contribution in [-0.4, -0.2) is 64.8 Å².